The zero-order valence-corrected chi connectivity index (χ0v) is 18.8. The summed E-state index contributed by atoms with van der Waals surface area (Å²) in [4.78, 5) is 26.5. The normalized spacial score (nSPS) is 14.4. The first-order valence-electron chi connectivity index (χ1n) is 9.90. The SMILES string of the molecule is C=CCN1C(C(=O)c2ccccc2)=C(OC(=O)c2ccccc2Cl)c2ccccc2S1(=O)=O. The van der Waals surface area contributed by atoms with E-state index in [4.69, 9.17) is 16.3 Å². The van der Waals surface area contributed by atoms with Crippen molar-refractivity contribution in [1.29, 1.82) is 0 Å². The van der Waals surface area contributed by atoms with Crippen molar-refractivity contribution in [3.63, 3.8) is 0 Å². The molecule has 0 fully saturated rings. The maximum atomic E-state index is 13.6. The topological polar surface area (TPSA) is 80.8 Å². The average molecular weight is 480 g/mol. The van der Waals surface area contributed by atoms with Gasteiger partial charge in [-0.25, -0.2) is 13.2 Å². The molecule has 0 radical (unpaired) electrons. The van der Waals surface area contributed by atoms with Gasteiger partial charge in [0.05, 0.1) is 22.0 Å². The van der Waals surface area contributed by atoms with Gasteiger partial charge in [0.1, 0.15) is 5.70 Å². The van der Waals surface area contributed by atoms with Gasteiger partial charge in [-0.05, 0) is 24.3 Å². The van der Waals surface area contributed by atoms with Gasteiger partial charge in [-0.3, -0.25) is 9.10 Å². The molecule has 1 aliphatic rings. The largest absolute Gasteiger partial charge is 0.420 e. The summed E-state index contributed by atoms with van der Waals surface area (Å²) >= 11 is 6.15. The number of hydrogen-bond acceptors (Lipinski definition) is 5. The van der Waals surface area contributed by atoms with Gasteiger partial charge in [-0.15, -0.1) is 6.58 Å². The molecule has 0 N–H and O–H groups in total. The van der Waals surface area contributed by atoms with Gasteiger partial charge in [0.15, 0.2) is 5.76 Å². The van der Waals surface area contributed by atoms with E-state index in [1.54, 1.807) is 54.6 Å². The summed E-state index contributed by atoms with van der Waals surface area (Å²) < 4.78 is 33.5. The van der Waals surface area contributed by atoms with Crippen LogP contribution in [-0.2, 0) is 14.8 Å². The van der Waals surface area contributed by atoms with E-state index in [-0.39, 0.29) is 44.6 Å². The average Bonchev–Trinajstić information content (AvgIpc) is 2.83. The van der Waals surface area contributed by atoms with E-state index in [0.29, 0.717) is 0 Å². The van der Waals surface area contributed by atoms with E-state index >= 15 is 0 Å². The van der Waals surface area contributed by atoms with Crippen molar-refractivity contribution in [1.82, 2.24) is 4.31 Å². The predicted molar refractivity (Wildman–Crippen MR) is 125 cm³/mol. The Bertz CT molecular complexity index is 1400. The number of halogens is 1. The molecule has 0 unspecified atom stereocenters. The number of rotatable bonds is 6. The molecular weight excluding hydrogens is 462 g/mol. The highest BCUT2D eigenvalue weighted by atomic mass is 35.5. The Labute approximate surface area is 196 Å². The standard InChI is InChI=1S/C25H18ClNO5S/c1-2-16-27-22(23(28)17-10-4-3-5-11-17)24(19-13-7-9-15-21(19)33(27,30)31)32-25(29)18-12-6-8-14-20(18)26/h2-15H,1,16H2. The van der Waals surface area contributed by atoms with Crippen LogP contribution in [0.25, 0.3) is 5.76 Å². The van der Waals surface area contributed by atoms with E-state index in [0.717, 1.165) is 4.31 Å². The van der Waals surface area contributed by atoms with Crippen LogP contribution >= 0.6 is 11.6 Å². The summed E-state index contributed by atoms with van der Waals surface area (Å²) in [5.41, 5.74) is 0.152. The molecule has 3 aromatic carbocycles. The first kappa shape index (κ1) is 22.5. The Balaban J connectivity index is 1.98. The highest BCUT2D eigenvalue weighted by molar-refractivity contribution is 7.89. The molecule has 6 nitrogen and oxygen atoms in total. The van der Waals surface area contributed by atoms with E-state index in [1.807, 2.05) is 0 Å². The number of fused-ring (bicyclic) bond motifs is 1. The molecule has 3 aromatic rings. The third kappa shape index (κ3) is 4.08. The number of carbonyl (C=O) groups is 2. The lowest BCUT2D eigenvalue weighted by Crippen LogP contribution is -2.38. The van der Waals surface area contributed by atoms with E-state index in [1.165, 1.54) is 30.3 Å². The van der Waals surface area contributed by atoms with Crippen LogP contribution < -0.4 is 0 Å². The predicted octanol–water partition coefficient (Wildman–Crippen LogP) is 4.94. The van der Waals surface area contributed by atoms with Crippen LogP contribution in [0.4, 0.5) is 0 Å². The summed E-state index contributed by atoms with van der Waals surface area (Å²) in [7, 11) is -4.12. The minimum atomic E-state index is -4.12. The molecule has 0 spiro atoms. The van der Waals surface area contributed by atoms with E-state index in [9.17, 15) is 18.0 Å². The first-order chi connectivity index (χ1) is 15.9. The molecule has 8 heteroatoms. The van der Waals surface area contributed by atoms with Crippen molar-refractivity contribution in [2.75, 3.05) is 6.54 Å². The lowest BCUT2D eigenvalue weighted by atomic mass is 10.0. The van der Waals surface area contributed by atoms with Crippen LogP contribution in [0.2, 0.25) is 5.02 Å². The number of sulfonamides is 1. The Morgan fingerprint density at radius 3 is 2.27 bits per heavy atom. The fourth-order valence-corrected chi connectivity index (χ4v) is 5.33. The number of esters is 1. The summed E-state index contributed by atoms with van der Waals surface area (Å²) in [6, 6.07) is 20.5. The Hall–Kier alpha value is -3.68. The number of nitrogens with zero attached hydrogens (tertiary/aromatic N) is 1. The molecule has 0 aliphatic carbocycles. The number of hydrogen-bond donors (Lipinski definition) is 0. The molecule has 0 amide bonds. The van der Waals surface area contributed by atoms with Crippen molar-refractivity contribution in [2.24, 2.45) is 0 Å². The van der Waals surface area contributed by atoms with Crippen LogP contribution in [0.5, 0.6) is 0 Å². The van der Waals surface area contributed by atoms with Gasteiger partial charge in [-0.1, -0.05) is 72.3 Å². The summed E-state index contributed by atoms with van der Waals surface area (Å²) in [5, 5.41) is 0.165. The third-order valence-electron chi connectivity index (χ3n) is 5.00. The number of Topliss-reactive ketones (excluding diaryl/α,β-unsaturated/α-hetero) is 1. The maximum Gasteiger partial charge on any atom is 0.345 e. The second-order valence-corrected chi connectivity index (χ2v) is 9.30. The Morgan fingerprint density at radius 2 is 1.58 bits per heavy atom. The number of ketones is 1. The Kier molecular flexibility index (Phi) is 6.18. The molecule has 0 aromatic heterocycles. The van der Waals surface area contributed by atoms with Crippen molar-refractivity contribution >= 4 is 39.1 Å². The molecule has 0 saturated heterocycles. The van der Waals surface area contributed by atoms with E-state index in [2.05, 4.69) is 6.58 Å². The van der Waals surface area contributed by atoms with Crippen LogP contribution in [0, 0.1) is 0 Å². The lowest BCUT2D eigenvalue weighted by molar-refractivity contribution is 0.0686. The van der Waals surface area contributed by atoms with Gasteiger partial charge in [0, 0.05) is 11.1 Å². The molecule has 33 heavy (non-hydrogen) atoms. The van der Waals surface area contributed by atoms with Gasteiger partial charge >= 0.3 is 5.97 Å². The maximum absolute atomic E-state index is 13.6. The lowest BCUT2D eigenvalue weighted by Gasteiger charge is -2.32. The molecule has 1 aliphatic heterocycles. The zero-order chi connectivity index (χ0) is 23.6. The van der Waals surface area contributed by atoms with Crippen LogP contribution in [0.3, 0.4) is 0 Å². The summed E-state index contributed by atoms with van der Waals surface area (Å²) in [5.74, 6) is -1.60. The van der Waals surface area contributed by atoms with Crippen molar-refractivity contribution in [3.05, 3.63) is 119 Å². The monoisotopic (exact) mass is 479 g/mol. The minimum absolute atomic E-state index is 0.0827. The zero-order valence-electron chi connectivity index (χ0n) is 17.3. The number of allylic oxidation sites excluding steroid dienone is 1. The number of ether oxygens (including phenoxy) is 1. The van der Waals surface area contributed by atoms with Crippen molar-refractivity contribution < 1.29 is 22.7 Å². The van der Waals surface area contributed by atoms with Crippen molar-refractivity contribution in [2.45, 2.75) is 4.90 Å². The minimum Gasteiger partial charge on any atom is -0.420 e. The Morgan fingerprint density at radius 1 is 0.939 bits per heavy atom. The highest BCUT2D eigenvalue weighted by Gasteiger charge is 2.41. The van der Waals surface area contributed by atoms with Crippen LogP contribution in [0.1, 0.15) is 26.3 Å². The van der Waals surface area contributed by atoms with Gasteiger partial charge < -0.3 is 4.74 Å². The fourth-order valence-electron chi connectivity index (χ4n) is 3.49. The quantitative estimate of drug-likeness (QED) is 0.284. The molecule has 1 heterocycles. The van der Waals surface area contributed by atoms with Crippen LogP contribution in [-0.4, -0.2) is 31.0 Å². The smallest absolute Gasteiger partial charge is 0.345 e. The van der Waals surface area contributed by atoms with Gasteiger partial charge in [0.25, 0.3) is 10.0 Å². The van der Waals surface area contributed by atoms with E-state index < -0.39 is 21.8 Å². The van der Waals surface area contributed by atoms with Crippen molar-refractivity contribution in [3.8, 4) is 0 Å². The second-order valence-electron chi connectivity index (χ2n) is 7.06. The van der Waals surface area contributed by atoms with Gasteiger partial charge in [-0.2, -0.15) is 0 Å². The number of benzene rings is 3. The summed E-state index contributed by atoms with van der Waals surface area (Å²) in [6.07, 6.45) is 1.36. The summed E-state index contributed by atoms with van der Waals surface area (Å²) in [6.45, 7) is 3.43. The highest BCUT2D eigenvalue weighted by Crippen LogP contribution is 2.39. The second kappa shape index (κ2) is 9.05. The number of carbonyl (C=O) groups excluding carboxylic acids is 2. The third-order valence-corrected chi connectivity index (χ3v) is 7.15. The molecule has 0 atom stereocenters. The molecule has 0 saturated carbocycles. The molecule has 4 rings (SSSR count). The van der Waals surface area contributed by atoms with Crippen LogP contribution in [0.15, 0.2) is 102 Å². The molecule has 166 valence electrons. The first-order valence-corrected chi connectivity index (χ1v) is 11.7. The van der Waals surface area contributed by atoms with Gasteiger partial charge in [0.2, 0.25) is 5.78 Å². The fraction of sp³-hybridized carbons (Fsp3) is 0.0400. The molecular formula is C25H18ClNO5S. The molecule has 0 bridgehead atoms.